The number of ether oxygens (including phenoxy) is 1. The van der Waals surface area contributed by atoms with Gasteiger partial charge in [0.05, 0.1) is 18.4 Å². The van der Waals surface area contributed by atoms with Crippen molar-refractivity contribution < 1.29 is 18.7 Å². The Morgan fingerprint density at radius 1 is 1.32 bits per heavy atom. The molecule has 2 aromatic heterocycles. The van der Waals surface area contributed by atoms with Crippen LogP contribution in [0.4, 0.5) is 0 Å². The molecule has 1 N–H and O–H groups in total. The second-order valence-corrected chi connectivity index (χ2v) is 7.24. The summed E-state index contributed by atoms with van der Waals surface area (Å²) < 4.78 is 16.4. The van der Waals surface area contributed by atoms with Gasteiger partial charge in [-0.25, -0.2) is 0 Å². The maximum absolute atomic E-state index is 11.2. The summed E-state index contributed by atoms with van der Waals surface area (Å²) in [4.78, 5) is 2.28. The fourth-order valence-electron chi connectivity index (χ4n) is 4.18. The summed E-state index contributed by atoms with van der Waals surface area (Å²) in [6.45, 7) is 5.93. The Labute approximate surface area is 147 Å². The Morgan fingerprint density at radius 3 is 2.88 bits per heavy atom. The second kappa shape index (κ2) is 6.90. The van der Waals surface area contributed by atoms with Crippen LogP contribution in [0.1, 0.15) is 32.1 Å². The minimum atomic E-state index is -0.589. The van der Waals surface area contributed by atoms with Gasteiger partial charge < -0.3 is 18.7 Å². The first-order chi connectivity index (χ1) is 12.1. The number of nitrogens with zero attached hydrogens (tertiary/aromatic N) is 3. The predicted octanol–water partition coefficient (Wildman–Crippen LogP) is 2.33. The number of rotatable bonds is 4. The largest absolute Gasteiger partial charge is 0.459 e. The van der Waals surface area contributed by atoms with Gasteiger partial charge in [-0.05, 0) is 43.2 Å². The third kappa shape index (κ3) is 3.36. The first kappa shape index (κ1) is 16.8. The Kier molecular flexibility index (Phi) is 4.62. The lowest BCUT2D eigenvalue weighted by Crippen LogP contribution is -2.55. The number of hydrogen-bond acceptors (Lipinski definition) is 7. The molecule has 136 valence electrons. The topological polar surface area (TPSA) is 84.8 Å². The molecule has 0 radical (unpaired) electrons. The van der Waals surface area contributed by atoms with Crippen molar-refractivity contribution >= 4 is 0 Å². The van der Waals surface area contributed by atoms with Crippen molar-refractivity contribution in [1.29, 1.82) is 0 Å². The van der Waals surface area contributed by atoms with Crippen molar-refractivity contribution in [3.8, 4) is 11.7 Å². The summed E-state index contributed by atoms with van der Waals surface area (Å²) in [7, 11) is 0. The van der Waals surface area contributed by atoms with Crippen LogP contribution in [0.5, 0.6) is 0 Å². The molecule has 4 heterocycles. The summed E-state index contributed by atoms with van der Waals surface area (Å²) in [5.41, 5.74) is -0.589. The van der Waals surface area contributed by atoms with Gasteiger partial charge >= 0.3 is 0 Å². The van der Waals surface area contributed by atoms with E-state index in [9.17, 15) is 5.11 Å². The van der Waals surface area contributed by atoms with Gasteiger partial charge in [0.1, 0.15) is 0 Å². The second-order valence-electron chi connectivity index (χ2n) is 7.24. The van der Waals surface area contributed by atoms with E-state index in [-0.39, 0.29) is 5.92 Å². The third-order valence-electron chi connectivity index (χ3n) is 5.70. The monoisotopic (exact) mass is 347 g/mol. The fourth-order valence-corrected chi connectivity index (χ4v) is 4.18. The molecule has 2 atom stereocenters. The molecular weight excluding hydrogens is 322 g/mol. The average molecular weight is 347 g/mol. The Morgan fingerprint density at radius 2 is 2.16 bits per heavy atom. The van der Waals surface area contributed by atoms with Crippen LogP contribution in [-0.2, 0) is 11.3 Å². The molecule has 2 aliphatic rings. The van der Waals surface area contributed by atoms with Gasteiger partial charge in [0, 0.05) is 26.3 Å². The number of furan rings is 1. The first-order valence-electron chi connectivity index (χ1n) is 9.04. The average Bonchev–Trinajstić information content (AvgIpc) is 3.30. The van der Waals surface area contributed by atoms with E-state index >= 15 is 0 Å². The van der Waals surface area contributed by atoms with Gasteiger partial charge in [-0.1, -0.05) is 6.92 Å². The van der Waals surface area contributed by atoms with Crippen LogP contribution in [0.25, 0.3) is 11.7 Å². The van der Waals surface area contributed by atoms with Crippen LogP contribution in [0.15, 0.2) is 27.2 Å². The van der Waals surface area contributed by atoms with E-state index in [1.165, 1.54) is 0 Å². The molecule has 0 bridgehead atoms. The lowest BCUT2D eigenvalue weighted by Gasteiger charge is -2.48. The summed E-state index contributed by atoms with van der Waals surface area (Å²) in [5, 5.41) is 19.4. The molecule has 0 saturated carbocycles. The van der Waals surface area contributed by atoms with Crippen LogP contribution in [0, 0.1) is 11.8 Å². The van der Waals surface area contributed by atoms with Gasteiger partial charge in [0.2, 0.25) is 5.89 Å². The van der Waals surface area contributed by atoms with Crippen LogP contribution < -0.4 is 0 Å². The molecule has 0 aliphatic carbocycles. The molecule has 0 amide bonds. The van der Waals surface area contributed by atoms with E-state index in [1.807, 2.05) is 0 Å². The summed E-state index contributed by atoms with van der Waals surface area (Å²) >= 11 is 0. The zero-order chi connectivity index (χ0) is 17.3. The van der Waals surface area contributed by atoms with Gasteiger partial charge in [-0.3, -0.25) is 4.90 Å². The quantitative estimate of drug-likeness (QED) is 0.908. The highest BCUT2D eigenvalue weighted by atomic mass is 16.5. The number of aromatic nitrogens is 2. The van der Waals surface area contributed by atoms with E-state index in [1.54, 1.807) is 18.4 Å². The Hall–Kier alpha value is -1.70. The van der Waals surface area contributed by atoms with Gasteiger partial charge in [0.25, 0.3) is 5.89 Å². The minimum Gasteiger partial charge on any atom is -0.459 e. The lowest BCUT2D eigenvalue weighted by molar-refractivity contribution is -0.132. The molecule has 2 fully saturated rings. The highest BCUT2D eigenvalue weighted by Gasteiger charge is 2.45. The Bertz CT molecular complexity index is 680. The van der Waals surface area contributed by atoms with E-state index in [2.05, 4.69) is 22.0 Å². The molecule has 0 spiro atoms. The molecule has 2 aromatic rings. The van der Waals surface area contributed by atoms with Crippen molar-refractivity contribution in [2.75, 3.05) is 26.3 Å². The minimum absolute atomic E-state index is 0.205. The van der Waals surface area contributed by atoms with Crippen LogP contribution in [0.3, 0.4) is 0 Å². The van der Waals surface area contributed by atoms with Crippen molar-refractivity contribution in [2.45, 2.75) is 38.3 Å². The maximum Gasteiger partial charge on any atom is 0.283 e. The van der Waals surface area contributed by atoms with Crippen molar-refractivity contribution in [1.82, 2.24) is 15.1 Å². The van der Waals surface area contributed by atoms with Crippen LogP contribution in [0.2, 0.25) is 0 Å². The normalized spacial score (nSPS) is 29.1. The molecule has 0 aromatic carbocycles. The molecule has 2 saturated heterocycles. The molecule has 7 heteroatoms. The zero-order valence-electron chi connectivity index (χ0n) is 14.6. The molecular formula is C18H25N3O4. The van der Waals surface area contributed by atoms with Gasteiger partial charge in [-0.2, -0.15) is 0 Å². The first-order valence-corrected chi connectivity index (χ1v) is 9.04. The van der Waals surface area contributed by atoms with Crippen molar-refractivity contribution in [2.24, 2.45) is 11.8 Å². The standard InChI is InChI=1S/C18H25N3O4/c1-13-11-21(7-6-18(13,22)14-4-9-23-10-5-14)12-16-19-20-17(25-16)15-3-2-8-24-15/h2-3,8,13-14,22H,4-7,9-12H2,1H3/t13-,18+/m1/s1. The SMILES string of the molecule is C[C@@H]1CN(Cc2nnc(-c3ccco3)o2)CC[C@@]1(O)C1CCOCC1. The van der Waals surface area contributed by atoms with Crippen molar-refractivity contribution in [3.05, 3.63) is 24.3 Å². The van der Waals surface area contributed by atoms with Gasteiger partial charge in [0.15, 0.2) is 5.76 Å². The number of aliphatic hydroxyl groups is 1. The van der Waals surface area contributed by atoms with E-state index in [0.29, 0.717) is 30.0 Å². The molecule has 2 aliphatic heterocycles. The molecule has 7 nitrogen and oxygen atoms in total. The number of likely N-dealkylation sites (tertiary alicyclic amines) is 1. The number of piperidine rings is 1. The summed E-state index contributed by atoms with van der Waals surface area (Å²) in [5.74, 6) is 2.11. The Balaban J connectivity index is 1.38. The summed E-state index contributed by atoms with van der Waals surface area (Å²) in [6, 6.07) is 3.59. The summed E-state index contributed by atoms with van der Waals surface area (Å²) in [6.07, 6.45) is 4.27. The van der Waals surface area contributed by atoms with E-state index in [0.717, 1.165) is 45.6 Å². The van der Waals surface area contributed by atoms with Crippen LogP contribution >= 0.6 is 0 Å². The zero-order valence-corrected chi connectivity index (χ0v) is 14.6. The highest BCUT2D eigenvalue weighted by Crippen LogP contribution is 2.39. The lowest BCUT2D eigenvalue weighted by atomic mass is 9.70. The fraction of sp³-hybridized carbons (Fsp3) is 0.667. The van der Waals surface area contributed by atoms with Gasteiger partial charge in [-0.15, -0.1) is 10.2 Å². The maximum atomic E-state index is 11.2. The van der Waals surface area contributed by atoms with Crippen molar-refractivity contribution in [3.63, 3.8) is 0 Å². The molecule has 4 rings (SSSR count). The molecule has 25 heavy (non-hydrogen) atoms. The smallest absolute Gasteiger partial charge is 0.283 e. The van der Waals surface area contributed by atoms with Crippen LogP contribution in [-0.4, -0.2) is 52.1 Å². The van der Waals surface area contributed by atoms with E-state index < -0.39 is 5.60 Å². The third-order valence-corrected chi connectivity index (χ3v) is 5.70. The molecule has 0 unspecified atom stereocenters. The number of hydrogen-bond donors (Lipinski definition) is 1. The highest BCUT2D eigenvalue weighted by molar-refractivity contribution is 5.42. The predicted molar refractivity (Wildman–Crippen MR) is 89.6 cm³/mol. The van der Waals surface area contributed by atoms with E-state index in [4.69, 9.17) is 13.6 Å².